The van der Waals surface area contributed by atoms with Gasteiger partial charge in [0, 0.05) is 80.7 Å². The van der Waals surface area contributed by atoms with Crippen LogP contribution in [0.1, 0.15) is 57.3 Å². The van der Waals surface area contributed by atoms with Crippen molar-refractivity contribution >= 4 is 46.1 Å². The van der Waals surface area contributed by atoms with E-state index in [4.69, 9.17) is 19.8 Å². The van der Waals surface area contributed by atoms with E-state index in [0.717, 1.165) is 73.3 Å². The lowest BCUT2D eigenvalue weighted by Crippen LogP contribution is -2.52. The molecule has 1 atom stereocenters. The van der Waals surface area contributed by atoms with Crippen molar-refractivity contribution in [3.8, 4) is 0 Å². The van der Waals surface area contributed by atoms with Crippen LogP contribution in [0.15, 0.2) is 48.7 Å². The highest BCUT2D eigenvalue weighted by Crippen LogP contribution is 2.34. The van der Waals surface area contributed by atoms with Gasteiger partial charge in [-0.15, -0.1) is 0 Å². The molecule has 4 N–H and O–H groups in total. The molecule has 54 heavy (non-hydrogen) atoms. The minimum Gasteiger partial charge on any atom is -0.371 e. The molecular weight excluding hydrogens is 702 g/mol. The number of halogens is 2. The Morgan fingerprint density at radius 3 is 2.57 bits per heavy atom. The highest BCUT2D eigenvalue weighted by atomic mass is 19.1. The monoisotopic (exact) mass is 740 g/mol. The number of imide groups is 1. The summed E-state index contributed by atoms with van der Waals surface area (Å²) < 4.78 is 29.8. The standard InChI is InChI=1S/C36H38F2N12O4/c1-20-12-30(45-44-20)41-32-28-16-40-50(33(28)43-36(42-32)39-15-22-2-3-23(37)13-29(22)38)24-6-9-47(10-7-24)17-21-18-48(19-21)25-4-5-26-27(14-25)35(52)49(34(26)51)31-8-11-53-46-54-31/h2-5,12-14,16,21,24,31,46H,6-11,15,17-19H2,1H3,(H3,39,41,42,43,44,45). The number of benzene rings is 2. The number of anilines is 4. The first-order chi connectivity index (χ1) is 26.3. The number of rotatable bonds is 10. The summed E-state index contributed by atoms with van der Waals surface area (Å²) in [6.07, 6.45) is 3.21. The summed E-state index contributed by atoms with van der Waals surface area (Å²) in [5.41, 5.74) is 5.85. The number of nitrogens with one attached hydrogen (secondary N) is 4. The number of aromatic amines is 1. The Labute approximate surface area is 307 Å². The van der Waals surface area contributed by atoms with Crippen molar-refractivity contribution in [2.75, 3.05) is 54.9 Å². The molecule has 16 nitrogen and oxygen atoms in total. The fraction of sp³-hybridized carbons (Fsp3) is 0.389. The summed E-state index contributed by atoms with van der Waals surface area (Å²) >= 11 is 0. The number of amides is 2. The number of fused-ring (bicyclic) bond motifs is 2. The molecule has 3 saturated heterocycles. The molecule has 2 amide bonds. The quantitative estimate of drug-likeness (QED) is 0.152. The van der Waals surface area contributed by atoms with Crippen molar-refractivity contribution in [1.82, 2.24) is 45.4 Å². The number of hydrogen-bond acceptors (Lipinski definition) is 13. The molecule has 1 unspecified atom stereocenters. The highest BCUT2D eigenvalue weighted by molar-refractivity contribution is 6.21. The highest BCUT2D eigenvalue weighted by Gasteiger charge is 2.42. The van der Waals surface area contributed by atoms with Crippen LogP contribution < -0.4 is 21.2 Å². The van der Waals surface area contributed by atoms with Crippen molar-refractivity contribution in [3.05, 3.63) is 82.7 Å². The Bertz CT molecular complexity index is 2230. The van der Waals surface area contributed by atoms with Gasteiger partial charge in [0.15, 0.2) is 17.7 Å². The minimum absolute atomic E-state index is 0.0660. The molecule has 4 aliphatic rings. The fourth-order valence-corrected chi connectivity index (χ4v) is 7.66. The summed E-state index contributed by atoms with van der Waals surface area (Å²) in [5, 5.41) is 19.1. The van der Waals surface area contributed by atoms with Crippen molar-refractivity contribution in [3.63, 3.8) is 0 Å². The van der Waals surface area contributed by atoms with Crippen LogP contribution in [0.5, 0.6) is 0 Å². The maximum atomic E-state index is 14.4. The van der Waals surface area contributed by atoms with Crippen LogP contribution in [-0.2, 0) is 16.2 Å². The lowest BCUT2D eigenvalue weighted by Gasteiger charge is -2.44. The van der Waals surface area contributed by atoms with E-state index in [9.17, 15) is 18.4 Å². The molecule has 0 bridgehead atoms. The molecule has 0 aliphatic carbocycles. The van der Waals surface area contributed by atoms with Gasteiger partial charge in [-0.25, -0.2) is 18.4 Å². The van der Waals surface area contributed by atoms with Crippen molar-refractivity contribution in [2.45, 2.75) is 45.0 Å². The second kappa shape index (κ2) is 14.0. The van der Waals surface area contributed by atoms with Crippen molar-refractivity contribution < 1.29 is 28.0 Å². The number of hydrogen-bond donors (Lipinski definition) is 4. The van der Waals surface area contributed by atoms with Crippen LogP contribution in [0.3, 0.4) is 0 Å². The van der Waals surface area contributed by atoms with Gasteiger partial charge in [0.05, 0.1) is 35.4 Å². The van der Waals surface area contributed by atoms with Gasteiger partial charge in [-0.05, 0) is 44.0 Å². The SMILES string of the molecule is Cc1cc(Nc2nc(NCc3ccc(F)cc3F)nc3c2cnn3C2CCN(CC3CN(c4ccc5c(c4)C(=O)N(C4CCONO4)C5=O)C3)CC2)n[nH]1. The Hall–Kier alpha value is -5.56. The average molecular weight is 741 g/mol. The van der Waals surface area contributed by atoms with Crippen LogP contribution in [0, 0.1) is 24.5 Å². The molecule has 9 rings (SSSR count). The number of carbonyl (C=O) groups is 2. The number of H-pyrrole nitrogens is 1. The topological polar surface area (TPSA) is 171 Å². The second-order valence-electron chi connectivity index (χ2n) is 14.2. The van der Waals surface area contributed by atoms with Crippen LogP contribution in [0.25, 0.3) is 11.0 Å². The van der Waals surface area contributed by atoms with E-state index >= 15 is 0 Å². The van der Waals surface area contributed by atoms with Crippen molar-refractivity contribution in [2.24, 2.45) is 5.92 Å². The van der Waals surface area contributed by atoms with Gasteiger partial charge in [0.1, 0.15) is 17.5 Å². The van der Waals surface area contributed by atoms with E-state index < -0.39 is 17.9 Å². The number of nitrogens with zero attached hydrogens (tertiary/aromatic N) is 8. The van der Waals surface area contributed by atoms with Gasteiger partial charge in [-0.2, -0.15) is 20.2 Å². The Kier molecular flexibility index (Phi) is 8.88. The molecule has 5 aromatic rings. The largest absolute Gasteiger partial charge is 0.371 e. The van der Waals surface area contributed by atoms with Gasteiger partial charge in [-0.1, -0.05) is 11.7 Å². The van der Waals surface area contributed by atoms with Crippen molar-refractivity contribution in [1.29, 1.82) is 0 Å². The molecule has 0 spiro atoms. The summed E-state index contributed by atoms with van der Waals surface area (Å²) in [7, 11) is 0. The summed E-state index contributed by atoms with van der Waals surface area (Å²) in [5.74, 6) is -0.149. The predicted molar refractivity (Wildman–Crippen MR) is 192 cm³/mol. The zero-order valence-corrected chi connectivity index (χ0v) is 29.4. The molecule has 7 heterocycles. The minimum atomic E-state index is -0.709. The molecule has 3 aromatic heterocycles. The first-order valence-corrected chi connectivity index (χ1v) is 18.0. The summed E-state index contributed by atoms with van der Waals surface area (Å²) in [4.78, 5) is 51.8. The zero-order valence-electron chi connectivity index (χ0n) is 29.4. The van der Waals surface area contributed by atoms with Gasteiger partial charge in [-0.3, -0.25) is 24.4 Å². The Morgan fingerprint density at radius 1 is 0.981 bits per heavy atom. The lowest BCUT2D eigenvalue weighted by molar-refractivity contribution is -0.259. The summed E-state index contributed by atoms with van der Waals surface area (Å²) in [6.45, 7) is 6.78. The first kappa shape index (κ1) is 34.2. The lowest BCUT2D eigenvalue weighted by atomic mass is 9.95. The third-order valence-electron chi connectivity index (χ3n) is 10.5. The van der Waals surface area contributed by atoms with Crippen LogP contribution in [-0.4, -0.2) is 97.1 Å². The smallest absolute Gasteiger partial charge is 0.263 e. The third kappa shape index (κ3) is 6.50. The number of aryl methyl sites for hydroxylation is 1. The Morgan fingerprint density at radius 2 is 1.81 bits per heavy atom. The van der Waals surface area contributed by atoms with E-state index in [1.807, 2.05) is 29.8 Å². The van der Waals surface area contributed by atoms with E-state index in [2.05, 4.69) is 41.3 Å². The predicted octanol–water partition coefficient (Wildman–Crippen LogP) is 4.04. The molecule has 280 valence electrons. The molecular formula is C36H38F2N12O4. The number of carbonyl (C=O) groups excluding carboxylic acids is 2. The van der Waals surface area contributed by atoms with E-state index in [-0.39, 0.29) is 35.9 Å². The van der Waals surface area contributed by atoms with Gasteiger partial charge in [0.25, 0.3) is 11.8 Å². The van der Waals surface area contributed by atoms with Crippen LogP contribution >= 0.6 is 0 Å². The third-order valence-corrected chi connectivity index (χ3v) is 10.5. The first-order valence-electron chi connectivity index (χ1n) is 18.0. The molecule has 3 fully saturated rings. The van der Waals surface area contributed by atoms with Crippen LogP contribution in [0.4, 0.5) is 32.1 Å². The molecule has 0 saturated carbocycles. The molecule has 0 radical (unpaired) electrons. The average Bonchev–Trinajstić information content (AvgIpc) is 3.85. The van der Waals surface area contributed by atoms with E-state index in [0.29, 0.717) is 47.4 Å². The normalized spacial score (nSPS) is 19.8. The zero-order chi connectivity index (χ0) is 36.9. The second-order valence-corrected chi connectivity index (χ2v) is 14.2. The van der Waals surface area contributed by atoms with Gasteiger partial charge >= 0.3 is 0 Å². The number of piperidine rings is 1. The maximum Gasteiger partial charge on any atom is 0.263 e. The van der Waals surface area contributed by atoms with E-state index in [1.54, 1.807) is 12.3 Å². The van der Waals surface area contributed by atoms with Gasteiger partial charge < -0.3 is 20.4 Å². The molecule has 18 heteroatoms. The maximum absolute atomic E-state index is 14.4. The molecule has 2 aromatic carbocycles. The number of likely N-dealkylation sites (tertiary alicyclic amines) is 1. The Balaban J connectivity index is 0.836. The summed E-state index contributed by atoms with van der Waals surface area (Å²) in [6, 6.07) is 10.9. The van der Waals surface area contributed by atoms with Gasteiger partial charge in [0.2, 0.25) is 5.95 Å². The number of aromatic nitrogens is 6. The van der Waals surface area contributed by atoms with Crippen LogP contribution in [0.2, 0.25) is 0 Å². The fourth-order valence-electron chi connectivity index (χ4n) is 7.66. The van der Waals surface area contributed by atoms with E-state index in [1.165, 1.54) is 12.1 Å². The molecule has 4 aliphatic heterocycles.